The van der Waals surface area contributed by atoms with Crippen molar-refractivity contribution in [3.8, 4) is 0 Å². The zero-order valence-electron chi connectivity index (χ0n) is 6.79. The van der Waals surface area contributed by atoms with E-state index < -0.39 is 0 Å². The number of amides is 1. The van der Waals surface area contributed by atoms with Gasteiger partial charge in [-0.25, -0.2) is 0 Å². The molecule has 1 amide bonds. The molecule has 0 spiro atoms. The molecule has 0 saturated heterocycles. The molecule has 0 aliphatic rings. The molecule has 0 unspecified atom stereocenters. The summed E-state index contributed by atoms with van der Waals surface area (Å²) in [5.41, 5.74) is 6.61. The van der Waals surface area contributed by atoms with Crippen molar-refractivity contribution >= 4 is 5.91 Å². The van der Waals surface area contributed by atoms with Gasteiger partial charge in [0, 0.05) is 0 Å². The lowest BCUT2D eigenvalue weighted by atomic mass is 10.3. The van der Waals surface area contributed by atoms with Gasteiger partial charge < -0.3 is 11.1 Å². The molecule has 6 heteroatoms. The van der Waals surface area contributed by atoms with Crippen molar-refractivity contribution in [1.29, 1.82) is 0 Å². The van der Waals surface area contributed by atoms with Crippen LogP contribution in [0.1, 0.15) is 11.4 Å². The monoisotopic (exact) mass is 169 g/mol. The van der Waals surface area contributed by atoms with E-state index in [-0.39, 0.29) is 12.5 Å². The van der Waals surface area contributed by atoms with Crippen molar-refractivity contribution in [2.75, 3.05) is 6.54 Å². The Hall–Kier alpha value is -1.43. The minimum absolute atomic E-state index is 0.00308. The maximum absolute atomic E-state index is 10.7. The quantitative estimate of drug-likeness (QED) is 0.523. The number of rotatable bonds is 3. The maximum Gasteiger partial charge on any atom is 0.234 e. The van der Waals surface area contributed by atoms with Gasteiger partial charge in [0.2, 0.25) is 5.91 Å². The Labute approximate surface area is 69.5 Å². The molecule has 0 bridgehead atoms. The highest BCUT2D eigenvalue weighted by Crippen LogP contribution is 1.96. The van der Waals surface area contributed by atoms with Crippen LogP contribution in [0, 0.1) is 6.92 Å². The van der Waals surface area contributed by atoms with Crippen molar-refractivity contribution in [1.82, 2.24) is 20.7 Å². The molecule has 4 N–H and O–H groups in total. The molecule has 6 nitrogen and oxygen atoms in total. The Morgan fingerprint density at radius 3 is 2.92 bits per heavy atom. The highest BCUT2D eigenvalue weighted by atomic mass is 16.1. The average molecular weight is 169 g/mol. The Bertz CT molecular complexity index is 269. The molecule has 1 aromatic heterocycles. The molecule has 0 fully saturated rings. The first kappa shape index (κ1) is 8.66. The van der Waals surface area contributed by atoms with E-state index in [1.165, 1.54) is 0 Å². The van der Waals surface area contributed by atoms with Gasteiger partial charge in [0.15, 0.2) is 0 Å². The predicted molar refractivity (Wildman–Crippen MR) is 42.0 cm³/mol. The van der Waals surface area contributed by atoms with Gasteiger partial charge in [-0.05, 0) is 6.92 Å². The standard InChI is InChI=1S/C6H11N5O/c1-4-5(10-11-9-4)3-8-6(12)2-7/h2-3,7H2,1H3,(H,8,12)(H,9,10,11). The molecule has 0 aliphatic heterocycles. The van der Waals surface area contributed by atoms with Crippen LogP contribution in [0.25, 0.3) is 0 Å². The van der Waals surface area contributed by atoms with Crippen LogP contribution >= 0.6 is 0 Å². The number of nitrogens with one attached hydrogen (secondary N) is 2. The van der Waals surface area contributed by atoms with E-state index in [1.54, 1.807) is 0 Å². The third-order valence-electron chi connectivity index (χ3n) is 1.46. The Balaban J connectivity index is 2.43. The summed E-state index contributed by atoms with van der Waals surface area (Å²) in [6.45, 7) is 2.18. The fourth-order valence-electron chi connectivity index (χ4n) is 0.728. The lowest BCUT2D eigenvalue weighted by Gasteiger charge is -1.99. The van der Waals surface area contributed by atoms with E-state index >= 15 is 0 Å². The molecule has 0 atom stereocenters. The number of H-pyrrole nitrogens is 1. The third-order valence-corrected chi connectivity index (χ3v) is 1.46. The van der Waals surface area contributed by atoms with E-state index in [0.717, 1.165) is 11.4 Å². The van der Waals surface area contributed by atoms with Gasteiger partial charge in [-0.15, -0.1) is 0 Å². The minimum atomic E-state index is -0.197. The number of aromatic amines is 1. The maximum atomic E-state index is 10.7. The molecular weight excluding hydrogens is 158 g/mol. The fourth-order valence-corrected chi connectivity index (χ4v) is 0.728. The highest BCUT2D eigenvalue weighted by Gasteiger charge is 2.03. The normalized spacial score (nSPS) is 9.83. The number of carbonyl (C=O) groups is 1. The lowest BCUT2D eigenvalue weighted by Crippen LogP contribution is -2.30. The van der Waals surface area contributed by atoms with Gasteiger partial charge in [0.1, 0.15) is 5.69 Å². The number of hydrogen-bond acceptors (Lipinski definition) is 4. The van der Waals surface area contributed by atoms with Crippen LogP contribution in [-0.2, 0) is 11.3 Å². The van der Waals surface area contributed by atoms with Crippen LogP contribution in [0.15, 0.2) is 0 Å². The van der Waals surface area contributed by atoms with E-state index in [2.05, 4.69) is 20.7 Å². The number of carbonyl (C=O) groups excluding carboxylic acids is 1. The predicted octanol–water partition coefficient (Wildman–Crippen LogP) is -1.31. The fraction of sp³-hybridized carbons (Fsp3) is 0.500. The second-order valence-corrected chi connectivity index (χ2v) is 2.34. The summed E-state index contributed by atoms with van der Waals surface area (Å²) < 4.78 is 0. The van der Waals surface area contributed by atoms with E-state index in [9.17, 15) is 4.79 Å². The summed E-state index contributed by atoms with van der Waals surface area (Å²) in [6.07, 6.45) is 0. The van der Waals surface area contributed by atoms with Gasteiger partial charge in [-0.2, -0.15) is 15.4 Å². The molecule has 66 valence electrons. The lowest BCUT2D eigenvalue weighted by molar-refractivity contribution is -0.119. The van der Waals surface area contributed by atoms with Crippen LogP contribution in [0.3, 0.4) is 0 Å². The van der Waals surface area contributed by atoms with Crippen molar-refractivity contribution < 1.29 is 4.79 Å². The second kappa shape index (κ2) is 3.82. The molecule has 1 rings (SSSR count). The molecular formula is C6H11N5O. The summed E-state index contributed by atoms with van der Waals surface area (Å²) in [7, 11) is 0. The summed E-state index contributed by atoms with van der Waals surface area (Å²) in [4.78, 5) is 10.7. The zero-order valence-corrected chi connectivity index (χ0v) is 6.79. The van der Waals surface area contributed by atoms with E-state index in [4.69, 9.17) is 5.73 Å². The van der Waals surface area contributed by atoms with Crippen molar-refractivity contribution in [3.05, 3.63) is 11.4 Å². The molecule has 1 heterocycles. The van der Waals surface area contributed by atoms with Gasteiger partial charge in [-0.1, -0.05) is 0 Å². The largest absolute Gasteiger partial charge is 0.349 e. The van der Waals surface area contributed by atoms with Gasteiger partial charge in [0.05, 0.1) is 18.8 Å². The number of aromatic nitrogens is 3. The van der Waals surface area contributed by atoms with Gasteiger partial charge in [0.25, 0.3) is 0 Å². The highest BCUT2D eigenvalue weighted by molar-refractivity contribution is 5.77. The first-order valence-corrected chi connectivity index (χ1v) is 3.57. The van der Waals surface area contributed by atoms with Gasteiger partial charge >= 0.3 is 0 Å². The minimum Gasteiger partial charge on any atom is -0.349 e. The average Bonchev–Trinajstić information content (AvgIpc) is 2.47. The Kier molecular flexibility index (Phi) is 2.76. The van der Waals surface area contributed by atoms with Crippen molar-refractivity contribution in [2.24, 2.45) is 5.73 Å². The second-order valence-electron chi connectivity index (χ2n) is 2.34. The summed E-state index contributed by atoms with van der Waals surface area (Å²) >= 11 is 0. The smallest absolute Gasteiger partial charge is 0.234 e. The number of aryl methyl sites for hydroxylation is 1. The molecule has 0 saturated carbocycles. The Morgan fingerprint density at radius 1 is 1.67 bits per heavy atom. The summed E-state index contributed by atoms with van der Waals surface area (Å²) in [5.74, 6) is -0.197. The molecule has 0 aliphatic carbocycles. The topological polar surface area (TPSA) is 96.7 Å². The van der Waals surface area contributed by atoms with Crippen LogP contribution in [-0.4, -0.2) is 27.9 Å². The summed E-state index contributed by atoms with van der Waals surface area (Å²) in [5, 5.41) is 12.7. The van der Waals surface area contributed by atoms with Crippen LogP contribution < -0.4 is 11.1 Å². The van der Waals surface area contributed by atoms with E-state index in [1.807, 2.05) is 6.92 Å². The van der Waals surface area contributed by atoms with Crippen molar-refractivity contribution in [3.63, 3.8) is 0 Å². The number of nitrogens with zero attached hydrogens (tertiary/aromatic N) is 2. The zero-order chi connectivity index (χ0) is 8.97. The molecule has 1 aromatic rings. The number of nitrogens with two attached hydrogens (primary N) is 1. The number of hydrogen-bond donors (Lipinski definition) is 3. The first-order chi connectivity index (χ1) is 5.74. The van der Waals surface area contributed by atoms with Gasteiger partial charge in [-0.3, -0.25) is 4.79 Å². The van der Waals surface area contributed by atoms with Crippen molar-refractivity contribution in [2.45, 2.75) is 13.5 Å². The van der Waals surface area contributed by atoms with Crippen LogP contribution in [0.4, 0.5) is 0 Å². The first-order valence-electron chi connectivity index (χ1n) is 3.57. The molecule has 12 heavy (non-hydrogen) atoms. The van der Waals surface area contributed by atoms with E-state index in [0.29, 0.717) is 6.54 Å². The summed E-state index contributed by atoms with van der Waals surface area (Å²) in [6, 6.07) is 0. The SMILES string of the molecule is Cc1n[nH]nc1CNC(=O)CN. The van der Waals surface area contributed by atoms with Crippen LogP contribution in [0.5, 0.6) is 0 Å². The molecule has 0 aromatic carbocycles. The Morgan fingerprint density at radius 2 is 2.42 bits per heavy atom. The third kappa shape index (κ3) is 2.03. The molecule has 0 radical (unpaired) electrons. The van der Waals surface area contributed by atoms with Crippen LogP contribution in [0.2, 0.25) is 0 Å².